The van der Waals surface area contributed by atoms with Gasteiger partial charge in [-0.25, -0.2) is 0 Å². The van der Waals surface area contributed by atoms with Gasteiger partial charge in [-0.05, 0) is 20.5 Å². The molecule has 2 aliphatic rings. The summed E-state index contributed by atoms with van der Waals surface area (Å²) >= 11 is 0. The highest BCUT2D eigenvalue weighted by atomic mass is 16.3. The first-order valence-electron chi connectivity index (χ1n) is 5.47. The molecule has 0 aromatic heterocycles. The van der Waals surface area contributed by atoms with E-state index >= 15 is 0 Å². The zero-order valence-corrected chi connectivity index (χ0v) is 9.11. The van der Waals surface area contributed by atoms with Gasteiger partial charge in [-0.1, -0.05) is 0 Å². The third-order valence-electron chi connectivity index (χ3n) is 3.55. The summed E-state index contributed by atoms with van der Waals surface area (Å²) in [6, 6.07) is 1.02. The standard InChI is InChI=1S/C10H21N3O/c1-12(2)8-3-4-13(7-8)9-5-11-6-10(9)14/h8-11,14H,3-7H2,1-2H3/t8?,9-,10-/m1/s1. The van der Waals surface area contributed by atoms with Crippen LogP contribution >= 0.6 is 0 Å². The third kappa shape index (κ3) is 1.93. The van der Waals surface area contributed by atoms with Gasteiger partial charge in [0, 0.05) is 38.3 Å². The van der Waals surface area contributed by atoms with Crippen LogP contribution in [0.25, 0.3) is 0 Å². The summed E-state index contributed by atoms with van der Waals surface area (Å²) in [5.74, 6) is 0. The number of hydrogen-bond donors (Lipinski definition) is 2. The van der Waals surface area contributed by atoms with E-state index in [1.807, 2.05) is 0 Å². The van der Waals surface area contributed by atoms with Crippen LogP contribution in [0.1, 0.15) is 6.42 Å². The SMILES string of the molecule is CN(C)C1CCN([C@@H]2CNC[C@H]2O)C1. The number of hydrogen-bond acceptors (Lipinski definition) is 4. The number of rotatable bonds is 2. The van der Waals surface area contributed by atoms with E-state index in [1.54, 1.807) is 0 Å². The highest BCUT2D eigenvalue weighted by molar-refractivity contribution is 4.93. The fourth-order valence-electron chi connectivity index (χ4n) is 2.51. The zero-order valence-electron chi connectivity index (χ0n) is 9.11. The van der Waals surface area contributed by atoms with Crippen molar-refractivity contribution in [3.8, 4) is 0 Å². The van der Waals surface area contributed by atoms with Crippen LogP contribution in [0.15, 0.2) is 0 Å². The average molecular weight is 199 g/mol. The van der Waals surface area contributed by atoms with Crippen LogP contribution in [0.5, 0.6) is 0 Å². The summed E-state index contributed by atoms with van der Waals surface area (Å²) in [5, 5.41) is 13.0. The van der Waals surface area contributed by atoms with Crippen LogP contribution in [0.4, 0.5) is 0 Å². The van der Waals surface area contributed by atoms with E-state index in [2.05, 4.69) is 29.2 Å². The summed E-state index contributed by atoms with van der Waals surface area (Å²) in [5.41, 5.74) is 0. The largest absolute Gasteiger partial charge is 0.390 e. The summed E-state index contributed by atoms with van der Waals surface area (Å²) < 4.78 is 0. The van der Waals surface area contributed by atoms with E-state index in [4.69, 9.17) is 0 Å². The second kappa shape index (κ2) is 4.14. The average Bonchev–Trinajstić information content (AvgIpc) is 2.71. The van der Waals surface area contributed by atoms with E-state index in [0.29, 0.717) is 12.1 Å². The Morgan fingerprint density at radius 3 is 2.64 bits per heavy atom. The van der Waals surface area contributed by atoms with Gasteiger partial charge in [-0.2, -0.15) is 0 Å². The third-order valence-corrected chi connectivity index (χ3v) is 3.55. The van der Waals surface area contributed by atoms with Gasteiger partial charge < -0.3 is 15.3 Å². The predicted octanol–water partition coefficient (Wildman–Crippen LogP) is -1.04. The first kappa shape index (κ1) is 10.4. The first-order chi connectivity index (χ1) is 6.68. The van der Waals surface area contributed by atoms with E-state index in [9.17, 15) is 5.11 Å². The quantitative estimate of drug-likeness (QED) is 0.595. The molecule has 0 radical (unpaired) electrons. The predicted molar refractivity (Wildman–Crippen MR) is 56.3 cm³/mol. The van der Waals surface area contributed by atoms with Crippen molar-refractivity contribution < 1.29 is 5.11 Å². The fraction of sp³-hybridized carbons (Fsp3) is 1.00. The molecule has 0 bridgehead atoms. The second-order valence-electron chi connectivity index (χ2n) is 4.69. The minimum atomic E-state index is -0.170. The molecule has 4 nitrogen and oxygen atoms in total. The molecule has 0 aromatic carbocycles. The van der Waals surface area contributed by atoms with Gasteiger partial charge in [0.25, 0.3) is 0 Å². The van der Waals surface area contributed by atoms with Crippen LogP contribution in [0.3, 0.4) is 0 Å². The Balaban J connectivity index is 1.88. The number of nitrogens with zero attached hydrogens (tertiary/aromatic N) is 2. The lowest BCUT2D eigenvalue weighted by atomic mass is 10.2. The second-order valence-corrected chi connectivity index (χ2v) is 4.69. The molecule has 1 unspecified atom stereocenters. The van der Waals surface area contributed by atoms with Gasteiger partial charge in [-0.3, -0.25) is 4.90 Å². The smallest absolute Gasteiger partial charge is 0.0831 e. The summed E-state index contributed by atoms with van der Waals surface area (Å²) in [6.45, 7) is 3.94. The van der Waals surface area contributed by atoms with Crippen LogP contribution < -0.4 is 5.32 Å². The Hall–Kier alpha value is -0.160. The topological polar surface area (TPSA) is 38.7 Å². The number of likely N-dealkylation sites (N-methyl/N-ethyl adjacent to an activating group) is 1. The van der Waals surface area contributed by atoms with Gasteiger partial charge >= 0.3 is 0 Å². The maximum absolute atomic E-state index is 9.76. The molecule has 3 atom stereocenters. The van der Waals surface area contributed by atoms with Crippen LogP contribution in [-0.2, 0) is 0 Å². The molecule has 0 aliphatic carbocycles. The Labute approximate surface area is 85.9 Å². The highest BCUT2D eigenvalue weighted by Gasteiger charge is 2.35. The lowest BCUT2D eigenvalue weighted by Gasteiger charge is -2.26. The molecule has 2 aliphatic heterocycles. The monoisotopic (exact) mass is 199 g/mol. The maximum atomic E-state index is 9.76. The van der Waals surface area contributed by atoms with Gasteiger partial charge in [0.2, 0.25) is 0 Å². The van der Waals surface area contributed by atoms with E-state index in [1.165, 1.54) is 6.42 Å². The maximum Gasteiger partial charge on any atom is 0.0831 e. The van der Waals surface area contributed by atoms with Crippen molar-refractivity contribution in [1.29, 1.82) is 0 Å². The Bertz CT molecular complexity index is 198. The minimum absolute atomic E-state index is 0.170. The summed E-state index contributed by atoms with van der Waals surface area (Å²) in [7, 11) is 4.27. The van der Waals surface area contributed by atoms with E-state index < -0.39 is 0 Å². The Morgan fingerprint density at radius 2 is 2.14 bits per heavy atom. The molecule has 2 saturated heterocycles. The number of likely N-dealkylation sites (tertiary alicyclic amines) is 1. The number of β-amino-alcohol motifs (C(OH)–C–C–N with tert-alkyl or cyclic N) is 1. The molecular formula is C10H21N3O. The van der Waals surface area contributed by atoms with Crippen molar-refractivity contribution >= 4 is 0 Å². The molecule has 2 heterocycles. The van der Waals surface area contributed by atoms with E-state index in [0.717, 1.165) is 26.2 Å². The summed E-state index contributed by atoms with van der Waals surface area (Å²) in [6.07, 6.45) is 1.06. The number of aliphatic hydroxyl groups excluding tert-OH is 1. The number of nitrogens with one attached hydrogen (secondary N) is 1. The van der Waals surface area contributed by atoms with Crippen molar-refractivity contribution in [1.82, 2.24) is 15.1 Å². The molecule has 14 heavy (non-hydrogen) atoms. The molecule has 0 amide bonds. The zero-order chi connectivity index (χ0) is 10.1. The molecule has 2 fully saturated rings. The van der Waals surface area contributed by atoms with Crippen LogP contribution in [-0.4, -0.2) is 73.4 Å². The molecule has 0 spiro atoms. The van der Waals surface area contributed by atoms with Crippen molar-refractivity contribution in [3.63, 3.8) is 0 Å². The van der Waals surface area contributed by atoms with Gasteiger partial charge in [0.15, 0.2) is 0 Å². The molecule has 82 valence electrons. The van der Waals surface area contributed by atoms with Crippen molar-refractivity contribution in [2.75, 3.05) is 40.3 Å². The van der Waals surface area contributed by atoms with Crippen LogP contribution in [0.2, 0.25) is 0 Å². The van der Waals surface area contributed by atoms with Gasteiger partial charge in [-0.15, -0.1) is 0 Å². The summed E-state index contributed by atoms with van der Waals surface area (Å²) in [4.78, 5) is 4.71. The van der Waals surface area contributed by atoms with Crippen LogP contribution in [0, 0.1) is 0 Å². The molecular weight excluding hydrogens is 178 g/mol. The first-order valence-corrected chi connectivity index (χ1v) is 5.47. The van der Waals surface area contributed by atoms with Crippen molar-refractivity contribution in [3.05, 3.63) is 0 Å². The number of aliphatic hydroxyl groups is 1. The Morgan fingerprint density at radius 1 is 1.36 bits per heavy atom. The Kier molecular flexibility index (Phi) is 3.07. The molecule has 4 heteroatoms. The molecule has 2 rings (SSSR count). The van der Waals surface area contributed by atoms with Gasteiger partial charge in [0.05, 0.1) is 6.10 Å². The fourth-order valence-corrected chi connectivity index (χ4v) is 2.51. The van der Waals surface area contributed by atoms with E-state index in [-0.39, 0.29) is 6.10 Å². The molecule has 2 N–H and O–H groups in total. The van der Waals surface area contributed by atoms with Crippen molar-refractivity contribution in [2.24, 2.45) is 0 Å². The van der Waals surface area contributed by atoms with Gasteiger partial charge in [0.1, 0.15) is 0 Å². The molecule has 0 aromatic rings. The molecule has 0 saturated carbocycles. The lowest BCUT2D eigenvalue weighted by molar-refractivity contribution is 0.0941. The highest BCUT2D eigenvalue weighted by Crippen LogP contribution is 2.19. The lowest BCUT2D eigenvalue weighted by Crippen LogP contribution is -2.43. The minimum Gasteiger partial charge on any atom is -0.390 e. The normalized spacial score (nSPS) is 39.9. The van der Waals surface area contributed by atoms with Crippen molar-refractivity contribution in [2.45, 2.75) is 24.6 Å².